The molecule has 0 radical (unpaired) electrons. The van der Waals surface area contributed by atoms with Gasteiger partial charge >= 0.3 is 6.36 Å². The number of rotatable bonds is 7. The third-order valence-corrected chi connectivity index (χ3v) is 5.30. The minimum atomic E-state index is -4.73. The van der Waals surface area contributed by atoms with Crippen LogP contribution in [0.4, 0.5) is 22.0 Å². The fourth-order valence-corrected chi connectivity index (χ4v) is 3.82. The van der Waals surface area contributed by atoms with Crippen molar-refractivity contribution in [3.05, 3.63) is 29.8 Å². The molecular formula is C20H28F5IN4O. The maximum Gasteiger partial charge on any atom is 0.573 e. The van der Waals surface area contributed by atoms with Crippen LogP contribution >= 0.6 is 24.0 Å². The van der Waals surface area contributed by atoms with Gasteiger partial charge in [0.15, 0.2) is 5.96 Å². The number of hydrogen-bond donors (Lipinski definition) is 2. The lowest BCUT2D eigenvalue weighted by Gasteiger charge is -2.32. The molecule has 3 rings (SSSR count). The highest BCUT2D eigenvalue weighted by Gasteiger charge is 2.42. The molecule has 5 nitrogen and oxygen atoms in total. The first kappa shape index (κ1) is 25.9. The normalized spacial score (nSPS) is 22.7. The minimum Gasteiger partial charge on any atom is -0.405 e. The summed E-state index contributed by atoms with van der Waals surface area (Å²) < 4.78 is 67.2. The predicted octanol–water partition coefficient (Wildman–Crippen LogP) is 4.34. The molecule has 2 N–H and O–H groups in total. The van der Waals surface area contributed by atoms with Gasteiger partial charge in [-0.25, -0.2) is 8.78 Å². The van der Waals surface area contributed by atoms with Crippen LogP contribution in [-0.4, -0.2) is 61.9 Å². The zero-order chi connectivity index (χ0) is 21.7. The number of nitrogens with zero attached hydrogens (tertiary/aromatic N) is 2. The van der Waals surface area contributed by atoms with E-state index in [1.807, 2.05) is 6.92 Å². The van der Waals surface area contributed by atoms with E-state index in [2.05, 4.69) is 20.4 Å². The summed E-state index contributed by atoms with van der Waals surface area (Å²) in [7, 11) is 0. The minimum absolute atomic E-state index is 0. The number of ether oxygens (including phenoxy) is 1. The standard InChI is InChI=1S/C20H27F5N4O.HI/c1-2-26-19(27-13-7-9-29(10-8-13)12-18(21)22)28-16-11-15(16)14-5-3-4-6-17(14)30-20(23,24)25;/h3-6,13,15-16,18H,2,7-12H2,1H3,(H2,26,27,28);1H. The SMILES string of the molecule is CCN=C(NC1CCN(CC(F)F)CC1)NC1CC1c1ccccc1OC(F)(F)F.I. The van der Waals surface area contributed by atoms with Crippen molar-refractivity contribution in [2.24, 2.45) is 4.99 Å². The monoisotopic (exact) mass is 562 g/mol. The van der Waals surface area contributed by atoms with E-state index in [9.17, 15) is 22.0 Å². The molecule has 2 fully saturated rings. The van der Waals surface area contributed by atoms with Crippen LogP contribution in [0.25, 0.3) is 0 Å². The Morgan fingerprint density at radius 1 is 1.19 bits per heavy atom. The number of alkyl halides is 5. The third kappa shape index (κ3) is 8.24. The van der Waals surface area contributed by atoms with Gasteiger partial charge in [-0.1, -0.05) is 18.2 Å². The molecule has 1 aliphatic heterocycles. The number of likely N-dealkylation sites (tertiary alicyclic amines) is 1. The Labute approximate surface area is 195 Å². The Hall–Kier alpha value is -1.37. The summed E-state index contributed by atoms with van der Waals surface area (Å²) in [5.41, 5.74) is 0.517. The molecule has 2 atom stereocenters. The first-order valence-corrected chi connectivity index (χ1v) is 10.2. The second kappa shape index (κ2) is 11.5. The van der Waals surface area contributed by atoms with Gasteiger partial charge in [0.25, 0.3) is 6.43 Å². The number of benzene rings is 1. The quantitative estimate of drug-likeness (QED) is 0.225. The van der Waals surface area contributed by atoms with Crippen molar-refractivity contribution in [1.82, 2.24) is 15.5 Å². The molecule has 1 saturated heterocycles. The van der Waals surface area contributed by atoms with E-state index in [1.54, 1.807) is 17.0 Å². The van der Waals surface area contributed by atoms with Crippen molar-refractivity contribution < 1.29 is 26.7 Å². The van der Waals surface area contributed by atoms with E-state index < -0.39 is 12.8 Å². The summed E-state index contributed by atoms with van der Waals surface area (Å²) in [5, 5.41) is 6.63. The molecule has 1 aromatic rings. The summed E-state index contributed by atoms with van der Waals surface area (Å²) in [6.07, 6.45) is -4.93. The average Bonchev–Trinajstić information content (AvgIpc) is 3.41. The summed E-state index contributed by atoms with van der Waals surface area (Å²) in [6.45, 7) is 3.42. The van der Waals surface area contributed by atoms with Gasteiger partial charge < -0.3 is 15.4 Å². The largest absolute Gasteiger partial charge is 0.573 e. The molecule has 0 bridgehead atoms. The summed E-state index contributed by atoms with van der Waals surface area (Å²) >= 11 is 0. The molecule has 1 saturated carbocycles. The highest BCUT2D eigenvalue weighted by molar-refractivity contribution is 14.0. The molecule has 31 heavy (non-hydrogen) atoms. The molecule has 1 aliphatic carbocycles. The smallest absolute Gasteiger partial charge is 0.405 e. The first-order chi connectivity index (χ1) is 14.2. The number of guanidine groups is 1. The number of halogens is 6. The van der Waals surface area contributed by atoms with Crippen LogP contribution < -0.4 is 15.4 Å². The maximum absolute atomic E-state index is 12.7. The van der Waals surface area contributed by atoms with E-state index in [4.69, 9.17) is 0 Å². The van der Waals surface area contributed by atoms with E-state index in [0.717, 1.165) is 12.8 Å². The maximum atomic E-state index is 12.7. The number of hydrogen-bond acceptors (Lipinski definition) is 3. The van der Waals surface area contributed by atoms with Crippen molar-refractivity contribution in [1.29, 1.82) is 0 Å². The molecule has 2 unspecified atom stereocenters. The van der Waals surface area contributed by atoms with Crippen LogP contribution in [0, 0.1) is 0 Å². The Kier molecular flexibility index (Phi) is 9.59. The highest BCUT2D eigenvalue weighted by atomic mass is 127. The molecule has 176 valence electrons. The van der Waals surface area contributed by atoms with Crippen LogP contribution in [0.2, 0.25) is 0 Å². The molecule has 11 heteroatoms. The van der Waals surface area contributed by atoms with Crippen molar-refractivity contribution in [2.45, 2.75) is 57.0 Å². The zero-order valence-corrected chi connectivity index (χ0v) is 19.5. The van der Waals surface area contributed by atoms with E-state index >= 15 is 0 Å². The Balaban J connectivity index is 0.00000341. The van der Waals surface area contributed by atoms with Crippen molar-refractivity contribution in [2.75, 3.05) is 26.2 Å². The lowest BCUT2D eigenvalue weighted by atomic mass is 10.1. The number of para-hydroxylation sites is 1. The fraction of sp³-hybridized carbons (Fsp3) is 0.650. The third-order valence-electron chi connectivity index (χ3n) is 5.30. The van der Waals surface area contributed by atoms with Gasteiger partial charge in [0.05, 0.1) is 6.54 Å². The topological polar surface area (TPSA) is 48.9 Å². The fourth-order valence-electron chi connectivity index (χ4n) is 3.82. The van der Waals surface area contributed by atoms with E-state index in [0.29, 0.717) is 37.6 Å². The van der Waals surface area contributed by atoms with Gasteiger partial charge in [0.1, 0.15) is 5.75 Å². The van der Waals surface area contributed by atoms with Gasteiger partial charge in [0, 0.05) is 37.6 Å². The van der Waals surface area contributed by atoms with Gasteiger partial charge in [-0.3, -0.25) is 9.89 Å². The predicted molar refractivity (Wildman–Crippen MR) is 119 cm³/mol. The second-order valence-corrected chi connectivity index (χ2v) is 7.61. The highest BCUT2D eigenvalue weighted by Crippen LogP contribution is 2.45. The van der Waals surface area contributed by atoms with E-state index in [1.165, 1.54) is 12.1 Å². The van der Waals surface area contributed by atoms with Crippen LogP contribution in [-0.2, 0) is 0 Å². The summed E-state index contributed by atoms with van der Waals surface area (Å²) in [5.74, 6) is 0.333. The van der Waals surface area contributed by atoms with Crippen molar-refractivity contribution in [3.8, 4) is 5.75 Å². The Morgan fingerprint density at radius 3 is 2.48 bits per heavy atom. The Bertz CT molecular complexity index is 726. The second-order valence-electron chi connectivity index (χ2n) is 7.61. The van der Waals surface area contributed by atoms with Crippen molar-refractivity contribution >= 4 is 29.9 Å². The lowest BCUT2D eigenvalue weighted by molar-refractivity contribution is -0.274. The first-order valence-electron chi connectivity index (χ1n) is 10.2. The molecular weight excluding hydrogens is 534 g/mol. The number of nitrogens with one attached hydrogen (secondary N) is 2. The summed E-state index contributed by atoms with van der Waals surface area (Å²) in [4.78, 5) is 6.18. The molecule has 0 spiro atoms. The number of piperidine rings is 1. The van der Waals surface area contributed by atoms with Gasteiger partial charge in [-0.2, -0.15) is 0 Å². The molecule has 2 aliphatic rings. The lowest BCUT2D eigenvalue weighted by Crippen LogP contribution is -2.50. The van der Waals surface area contributed by atoms with Crippen LogP contribution in [0.15, 0.2) is 29.3 Å². The van der Waals surface area contributed by atoms with E-state index in [-0.39, 0.29) is 54.3 Å². The van der Waals surface area contributed by atoms with Gasteiger partial charge in [0.2, 0.25) is 0 Å². The van der Waals surface area contributed by atoms with Gasteiger partial charge in [-0.05, 0) is 37.8 Å². The molecule has 1 heterocycles. The van der Waals surface area contributed by atoms with Crippen LogP contribution in [0.1, 0.15) is 37.7 Å². The molecule has 1 aromatic carbocycles. The van der Waals surface area contributed by atoms with Crippen LogP contribution in [0.5, 0.6) is 5.75 Å². The molecule has 0 aromatic heterocycles. The van der Waals surface area contributed by atoms with Crippen molar-refractivity contribution in [3.63, 3.8) is 0 Å². The van der Waals surface area contributed by atoms with Crippen LogP contribution in [0.3, 0.4) is 0 Å². The molecule has 0 amide bonds. The number of aliphatic imine (C=N–C) groups is 1. The Morgan fingerprint density at radius 2 is 1.87 bits per heavy atom. The average molecular weight is 562 g/mol. The van der Waals surface area contributed by atoms with Gasteiger partial charge in [-0.15, -0.1) is 37.1 Å². The zero-order valence-electron chi connectivity index (χ0n) is 17.2. The summed E-state index contributed by atoms with van der Waals surface area (Å²) in [6, 6.07) is 6.26.